The van der Waals surface area contributed by atoms with Gasteiger partial charge in [-0.25, -0.2) is 4.98 Å². The number of aromatic nitrogens is 1. The van der Waals surface area contributed by atoms with Crippen LogP contribution in [0.1, 0.15) is 43.0 Å². The first-order chi connectivity index (χ1) is 10.1. The van der Waals surface area contributed by atoms with Gasteiger partial charge in [0.25, 0.3) is 11.6 Å². The fourth-order valence-electron chi connectivity index (χ4n) is 2.15. The molecule has 1 amide bonds. The molecule has 114 valence electrons. The Labute approximate surface area is 123 Å². The van der Waals surface area contributed by atoms with Crippen molar-refractivity contribution in [3.05, 3.63) is 27.9 Å². The summed E-state index contributed by atoms with van der Waals surface area (Å²) in [5, 5.41) is 16.7. The number of rotatable bonds is 8. The molecule has 0 atom stereocenters. The zero-order valence-electron chi connectivity index (χ0n) is 12.1. The number of hydrogen-bond acceptors (Lipinski definition) is 5. The van der Waals surface area contributed by atoms with Crippen LogP contribution in [0.25, 0.3) is 0 Å². The quantitative estimate of drug-likeness (QED) is 0.435. The van der Waals surface area contributed by atoms with Crippen molar-refractivity contribution >= 4 is 17.4 Å². The average molecular weight is 292 g/mol. The van der Waals surface area contributed by atoms with Gasteiger partial charge < -0.3 is 10.6 Å². The van der Waals surface area contributed by atoms with E-state index >= 15 is 0 Å². The minimum atomic E-state index is -0.582. The Morgan fingerprint density at radius 2 is 2.29 bits per heavy atom. The number of amides is 1. The van der Waals surface area contributed by atoms with E-state index in [-0.39, 0.29) is 11.3 Å². The largest absolute Gasteiger partial charge is 0.370 e. The molecule has 1 saturated carbocycles. The van der Waals surface area contributed by atoms with Crippen LogP contribution in [-0.4, -0.2) is 28.9 Å². The van der Waals surface area contributed by atoms with Crippen molar-refractivity contribution in [2.75, 3.05) is 18.4 Å². The molecular formula is C14H20N4O3. The average Bonchev–Trinajstić information content (AvgIpc) is 3.27. The van der Waals surface area contributed by atoms with Crippen LogP contribution >= 0.6 is 0 Å². The Morgan fingerprint density at radius 1 is 1.52 bits per heavy atom. The van der Waals surface area contributed by atoms with Gasteiger partial charge in [0.15, 0.2) is 0 Å². The first-order valence-corrected chi connectivity index (χ1v) is 7.28. The van der Waals surface area contributed by atoms with Gasteiger partial charge in [0.1, 0.15) is 17.6 Å². The molecule has 0 spiro atoms. The Morgan fingerprint density at radius 3 is 2.90 bits per heavy atom. The fraction of sp³-hybridized carbons (Fsp3) is 0.571. The molecule has 0 unspecified atom stereocenters. The third-order valence-corrected chi connectivity index (χ3v) is 3.45. The lowest BCUT2D eigenvalue weighted by atomic mass is 10.2. The Kier molecular flexibility index (Phi) is 5.08. The molecule has 1 aromatic heterocycles. The lowest BCUT2D eigenvalue weighted by molar-refractivity contribution is -0.385. The van der Waals surface area contributed by atoms with Crippen molar-refractivity contribution in [2.45, 2.75) is 32.6 Å². The second kappa shape index (κ2) is 7.01. The first kappa shape index (κ1) is 15.2. The standard InChI is InChI=1S/C14H20N4O3/c1-2-15-13-8-11(12(9-17-13)18(20)21)14(19)16-7-3-4-10-5-6-10/h8-10H,2-7H2,1H3,(H,15,17)(H,16,19). The van der Waals surface area contributed by atoms with Crippen molar-refractivity contribution in [2.24, 2.45) is 5.92 Å². The van der Waals surface area contributed by atoms with Gasteiger partial charge >= 0.3 is 0 Å². The predicted octanol–water partition coefficient (Wildman–Crippen LogP) is 2.34. The maximum Gasteiger partial charge on any atom is 0.300 e. The number of carbonyl (C=O) groups excluding carboxylic acids is 1. The number of nitro groups is 1. The van der Waals surface area contributed by atoms with Crippen molar-refractivity contribution in [1.29, 1.82) is 0 Å². The summed E-state index contributed by atoms with van der Waals surface area (Å²) in [5.74, 6) is 0.864. The SMILES string of the molecule is CCNc1cc(C(=O)NCCCC2CC2)c([N+](=O)[O-])cn1. The van der Waals surface area contributed by atoms with Crippen LogP contribution in [0.4, 0.5) is 11.5 Å². The van der Waals surface area contributed by atoms with Gasteiger partial charge in [-0.05, 0) is 25.7 Å². The molecule has 0 bridgehead atoms. The summed E-state index contributed by atoms with van der Waals surface area (Å²) in [6, 6.07) is 1.43. The molecular weight excluding hydrogens is 272 g/mol. The molecule has 1 heterocycles. The molecule has 1 aliphatic rings. The maximum atomic E-state index is 12.1. The van der Waals surface area contributed by atoms with Gasteiger partial charge in [0.2, 0.25) is 0 Å². The van der Waals surface area contributed by atoms with E-state index in [1.165, 1.54) is 18.9 Å². The minimum absolute atomic E-state index is 0.0531. The third-order valence-electron chi connectivity index (χ3n) is 3.45. The minimum Gasteiger partial charge on any atom is -0.370 e. The van der Waals surface area contributed by atoms with Gasteiger partial charge in [-0.3, -0.25) is 14.9 Å². The second-order valence-corrected chi connectivity index (χ2v) is 5.22. The second-order valence-electron chi connectivity index (χ2n) is 5.22. The van der Waals surface area contributed by atoms with E-state index in [0.29, 0.717) is 18.9 Å². The highest BCUT2D eigenvalue weighted by atomic mass is 16.6. The lowest BCUT2D eigenvalue weighted by Crippen LogP contribution is -2.25. The summed E-state index contributed by atoms with van der Waals surface area (Å²) < 4.78 is 0. The number of anilines is 1. The maximum absolute atomic E-state index is 12.1. The van der Waals surface area contributed by atoms with E-state index in [9.17, 15) is 14.9 Å². The van der Waals surface area contributed by atoms with Crippen LogP contribution in [-0.2, 0) is 0 Å². The molecule has 0 aliphatic heterocycles. The highest BCUT2D eigenvalue weighted by Gasteiger charge is 2.22. The Balaban J connectivity index is 2.01. The van der Waals surface area contributed by atoms with Crippen LogP contribution < -0.4 is 10.6 Å². The zero-order valence-corrected chi connectivity index (χ0v) is 12.1. The molecule has 2 N–H and O–H groups in total. The van der Waals surface area contributed by atoms with Gasteiger partial charge in [0.05, 0.1) is 4.92 Å². The topological polar surface area (TPSA) is 97.2 Å². The fourth-order valence-corrected chi connectivity index (χ4v) is 2.15. The van der Waals surface area contributed by atoms with Gasteiger partial charge in [0, 0.05) is 19.2 Å². The van der Waals surface area contributed by atoms with Crippen LogP contribution in [0, 0.1) is 16.0 Å². The van der Waals surface area contributed by atoms with Gasteiger partial charge in [-0.1, -0.05) is 12.8 Å². The molecule has 0 saturated heterocycles. The number of nitrogens with zero attached hydrogens (tertiary/aromatic N) is 2. The van der Waals surface area contributed by atoms with Crippen LogP contribution in [0.15, 0.2) is 12.3 Å². The molecule has 0 aromatic carbocycles. The summed E-state index contributed by atoms with van der Waals surface area (Å²) in [6.07, 6.45) is 5.72. The highest BCUT2D eigenvalue weighted by molar-refractivity contribution is 5.98. The smallest absolute Gasteiger partial charge is 0.300 e. The van der Waals surface area contributed by atoms with Gasteiger partial charge in [-0.15, -0.1) is 0 Å². The number of carbonyl (C=O) groups is 1. The molecule has 7 heteroatoms. The number of nitrogens with one attached hydrogen (secondary N) is 2. The van der Waals surface area contributed by atoms with Crippen molar-refractivity contribution in [1.82, 2.24) is 10.3 Å². The van der Waals surface area contributed by atoms with Crippen LogP contribution in [0.5, 0.6) is 0 Å². The van der Waals surface area contributed by atoms with Crippen molar-refractivity contribution < 1.29 is 9.72 Å². The highest BCUT2D eigenvalue weighted by Crippen LogP contribution is 2.33. The molecule has 0 radical (unpaired) electrons. The number of hydrogen-bond donors (Lipinski definition) is 2. The van der Waals surface area contributed by atoms with Crippen molar-refractivity contribution in [3.8, 4) is 0 Å². The Hall–Kier alpha value is -2.18. The molecule has 21 heavy (non-hydrogen) atoms. The Bertz CT molecular complexity index is 529. The van der Waals surface area contributed by atoms with Crippen LogP contribution in [0.2, 0.25) is 0 Å². The van der Waals surface area contributed by atoms with E-state index < -0.39 is 10.8 Å². The van der Waals surface area contributed by atoms with E-state index in [0.717, 1.165) is 25.0 Å². The van der Waals surface area contributed by atoms with Crippen LogP contribution in [0.3, 0.4) is 0 Å². The molecule has 1 fully saturated rings. The van der Waals surface area contributed by atoms with Crippen molar-refractivity contribution in [3.63, 3.8) is 0 Å². The monoisotopic (exact) mass is 292 g/mol. The summed E-state index contributed by atoms with van der Waals surface area (Å²) in [5.41, 5.74) is -0.214. The van der Waals surface area contributed by atoms with Gasteiger partial charge in [-0.2, -0.15) is 0 Å². The number of pyridine rings is 1. The summed E-state index contributed by atoms with van der Waals surface area (Å²) in [7, 11) is 0. The summed E-state index contributed by atoms with van der Waals surface area (Å²) in [4.78, 5) is 26.5. The summed E-state index contributed by atoms with van der Waals surface area (Å²) in [6.45, 7) is 3.07. The first-order valence-electron chi connectivity index (χ1n) is 7.28. The predicted molar refractivity (Wildman–Crippen MR) is 79.3 cm³/mol. The molecule has 1 aliphatic carbocycles. The van der Waals surface area contributed by atoms with E-state index in [4.69, 9.17) is 0 Å². The zero-order chi connectivity index (χ0) is 15.2. The van der Waals surface area contributed by atoms with E-state index in [2.05, 4.69) is 15.6 Å². The third kappa shape index (κ3) is 4.40. The normalized spacial score (nSPS) is 13.8. The molecule has 1 aromatic rings. The van der Waals surface area contributed by atoms with E-state index in [1.54, 1.807) is 0 Å². The molecule has 2 rings (SSSR count). The lowest BCUT2D eigenvalue weighted by Gasteiger charge is -2.08. The van der Waals surface area contributed by atoms with E-state index in [1.807, 2.05) is 6.92 Å². The summed E-state index contributed by atoms with van der Waals surface area (Å²) >= 11 is 0. The molecule has 7 nitrogen and oxygen atoms in total.